The summed E-state index contributed by atoms with van der Waals surface area (Å²) in [5.41, 5.74) is 0.762. The zero-order valence-corrected chi connectivity index (χ0v) is 21.0. The molecule has 9 nitrogen and oxygen atoms in total. The molecular weight excluding hydrogens is 493 g/mol. The van der Waals surface area contributed by atoms with Crippen LogP contribution in [0.5, 0.6) is 5.88 Å². The Labute approximate surface area is 207 Å². The molecule has 2 aliphatic heterocycles. The summed E-state index contributed by atoms with van der Waals surface area (Å²) < 4.78 is 50.0. The highest BCUT2D eigenvalue weighted by Crippen LogP contribution is 2.33. The number of nitrogens with zero attached hydrogens (tertiary/aromatic N) is 4. The summed E-state index contributed by atoms with van der Waals surface area (Å²) in [7, 11) is -3.50. The van der Waals surface area contributed by atoms with Crippen LogP contribution in [-0.2, 0) is 21.1 Å². The van der Waals surface area contributed by atoms with Gasteiger partial charge in [0.2, 0.25) is 5.88 Å². The van der Waals surface area contributed by atoms with Crippen LogP contribution in [0.1, 0.15) is 23.4 Å². The second-order valence-electron chi connectivity index (χ2n) is 8.85. The van der Waals surface area contributed by atoms with E-state index in [2.05, 4.69) is 25.2 Å². The Kier molecular flexibility index (Phi) is 6.71. The summed E-state index contributed by atoms with van der Waals surface area (Å²) in [5.74, 6) is 0.146. The van der Waals surface area contributed by atoms with Crippen molar-refractivity contribution in [1.29, 1.82) is 0 Å². The van der Waals surface area contributed by atoms with Gasteiger partial charge in [-0.3, -0.25) is 4.90 Å². The van der Waals surface area contributed by atoms with Crippen molar-refractivity contribution in [2.75, 3.05) is 24.8 Å². The lowest BCUT2D eigenvalue weighted by atomic mass is 9.92. The molecule has 0 radical (unpaired) electrons. The topological polar surface area (TPSA) is 107 Å². The quantitative estimate of drug-likeness (QED) is 0.503. The molecule has 3 aromatic rings. The van der Waals surface area contributed by atoms with Crippen LogP contribution in [0.2, 0.25) is 0 Å². The average Bonchev–Trinajstić information content (AvgIpc) is 3.31. The summed E-state index contributed by atoms with van der Waals surface area (Å²) >= 11 is 1.66. The van der Waals surface area contributed by atoms with E-state index in [4.69, 9.17) is 9.47 Å². The molecule has 0 saturated carbocycles. The largest absolute Gasteiger partial charge is 0.474 e. The Hall–Kier alpha value is -2.67. The third-order valence-electron chi connectivity index (χ3n) is 6.37. The number of halogens is 1. The molecular formula is C23H26FN5O4S2. The van der Waals surface area contributed by atoms with E-state index < -0.39 is 15.7 Å². The van der Waals surface area contributed by atoms with Gasteiger partial charge < -0.3 is 14.8 Å². The number of anilines is 2. The van der Waals surface area contributed by atoms with Crippen LogP contribution in [0, 0.1) is 12.7 Å². The number of nitrogens with one attached hydrogen (secondary N) is 1. The third kappa shape index (κ3) is 5.30. The predicted molar refractivity (Wildman–Crippen MR) is 129 cm³/mol. The van der Waals surface area contributed by atoms with Crippen LogP contribution in [0.3, 0.4) is 0 Å². The number of morpholine rings is 1. The summed E-state index contributed by atoms with van der Waals surface area (Å²) in [6.07, 6.45) is 5.81. The van der Waals surface area contributed by atoms with E-state index >= 15 is 0 Å². The van der Waals surface area contributed by atoms with E-state index in [0.717, 1.165) is 36.7 Å². The smallest absolute Gasteiger partial charge is 0.221 e. The van der Waals surface area contributed by atoms with Gasteiger partial charge in [-0.1, -0.05) is 0 Å². The van der Waals surface area contributed by atoms with Gasteiger partial charge in [0, 0.05) is 42.8 Å². The van der Waals surface area contributed by atoms with Gasteiger partial charge in [0.25, 0.3) is 0 Å². The average molecular weight is 520 g/mol. The SMILES string of the molecule is Cc1c(Nc2ccc(S(C)(=O)=O)cc2F)ncnc1OC1C[C@H]2COC[C@@H](C1)N2Cc1nccs1. The second-order valence-corrected chi connectivity index (χ2v) is 11.8. The molecule has 1 aromatic carbocycles. The second kappa shape index (κ2) is 9.76. The van der Waals surface area contributed by atoms with Crippen molar-refractivity contribution in [3.63, 3.8) is 0 Å². The molecule has 2 bridgehead atoms. The molecule has 12 heteroatoms. The summed E-state index contributed by atoms with van der Waals surface area (Å²) in [6.45, 7) is 3.93. The number of piperidine rings is 1. The highest BCUT2D eigenvalue weighted by atomic mass is 32.2. The molecule has 0 aliphatic carbocycles. The standard InChI is InChI=1S/C23H26FN5O4S2/c1-14-22(28-20-4-3-18(9-19(20)24)35(2,30)31)26-13-27-23(14)33-17-7-15-11-32-12-16(8-17)29(15)10-21-25-5-6-34-21/h3-6,9,13,15-17H,7-8,10-12H2,1-2H3,(H,26,27,28)/t15-,16+,17?. The Morgan fingerprint density at radius 3 is 2.66 bits per heavy atom. The number of hydrogen-bond donors (Lipinski definition) is 1. The zero-order chi connectivity index (χ0) is 24.6. The maximum Gasteiger partial charge on any atom is 0.221 e. The molecule has 5 rings (SSSR count). The van der Waals surface area contributed by atoms with Gasteiger partial charge in [-0.2, -0.15) is 0 Å². The van der Waals surface area contributed by atoms with Crippen LogP contribution in [0.4, 0.5) is 15.9 Å². The number of aromatic nitrogens is 3. The molecule has 1 N–H and O–H groups in total. The van der Waals surface area contributed by atoms with Crippen LogP contribution in [0.25, 0.3) is 0 Å². The minimum atomic E-state index is -3.50. The first kappa shape index (κ1) is 24.0. The number of sulfone groups is 1. The van der Waals surface area contributed by atoms with Gasteiger partial charge in [-0.25, -0.2) is 27.8 Å². The molecule has 0 spiro atoms. The number of hydrogen-bond acceptors (Lipinski definition) is 10. The van der Waals surface area contributed by atoms with Crippen molar-refractivity contribution in [2.45, 2.75) is 49.4 Å². The molecule has 2 aromatic heterocycles. The lowest BCUT2D eigenvalue weighted by Gasteiger charge is -2.47. The highest BCUT2D eigenvalue weighted by molar-refractivity contribution is 7.90. The normalized spacial score (nSPS) is 22.7. The highest BCUT2D eigenvalue weighted by Gasteiger charge is 2.40. The van der Waals surface area contributed by atoms with E-state index in [9.17, 15) is 12.8 Å². The van der Waals surface area contributed by atoms with Crippen LogP contribution in [-0.4, -0.2) is 65.9 Å². The van der Waals surface area contributed by atoms with Gasteiger partial charge in [0.05, 0.1) is 35.9 Å². The fraction of sp³-hybridized carbons (Fsp3) is 0.435. The summed E-state index contributed by atoms with van der Waals surface area (Å²) in [5, 5.41) is 6.02. The van der Waals surface area contributed by atoms with Crippen LogP contribution >= 0.6 is 11.3 Å². The van der Waals surface area contributed by atoms with E-state index in [0.29, 0.717) is 30.5 Å². The monoisotopic (exact) mass is 519 g/mol. The first-order chi connectivity index (χ1) is 16.8. The van der Waals surface area contributed by atoms with E-state index in [-0.39, 0.29) is 28.8 Å². The van der Waals surface area contributed by atoms with Crippen molar-refractivity contribution in [1.82, 2.24) is 19.9 Å². The summed E-state index contributed by atoms with van der Waals surface area (Å²) in [4.78, 5) is 15.4. The van der Waals surface area contributed by atoms with Crippen molar-refractivity contribution < 1.29 is 22.3 Å². The molecule has 2 aliphatic rings. The molecule has 35 heavy (non-hydrogen) atoms. The Balaban J connectivity index is 1.29. The predicted octanol–water partition coefficient (Wildman–Crippen LogP) is 3.34. The first-order valence-electron chi connectivity index (χ1n) is 11.2. The lowest BCUT2D eigenvalue weighted by Crippen LogP contribution is -2.58. The van der Waals surface area contributed by atoms with Crippen molar-refractivity contribution in [3.05, 3.63) is 52.5 Å². The maximum absolute atomic E-state index is 14.6. The van der Waals surface area contributed by atoms with Gasteiger partial charge in [-0.15, -0.1) is 11.3 Å². The van der Waals surface area contributed by atoms with E-state index in [1.54, 1.807) is 11.3 Å². The zero-order valence-electron chi connectivity index (χ0n) is 19.3. The number of thiazole rings is 1. The Morgan fingerprint density at radius 2 is 2.00 bits per heavy atom. The van der Waals surface area contributed by atoms with Crippen molar-refractivity contribution in [3.8, 4) is 5.88 Å². The maximum atomic E-state index is 14.6. The van der Waals surface area contributed by atoms with Crippen molar-refractivity contribution in [2.24, 2.45) is 0 Å². The number of benzene rings is 1. The molecule has 1 unspecified atom stereocenters. The fourth-order valence-electron chi connectivity index (χ4n) is 4.57. The Morgan fingerprint density at radius 1 is 1.23 bits per heavy atom. The molecule has 3 atom stereocenters. The molecule has 2 saturated heterocycles. The molecule has 2 fully saturated rings. The van der Waals surface area contributed by atoms with Crippen LogP contribution in [0.15, 0.2) is 41.0 Å². The minimum Gasteiger partial charge on any atom is -0.474 e. The van der Waals surface area contributed by atoms with Gasteiger partial charge >= 0.3 is 0 Å². The Bertz CT molecular complexity index is 1290. The number of fused-ring (bicyclic) bond motifs is 2. The van der Waals surface area contributed by atoms with Gasteiger partial charge in [-0.05, 0) is 25.1 Å². The lowest BCUT2D eigenvalue weighted by molar-refractivity contribution is -0.104. The fourth-order valence-corrected chi connectivity index (χ4v) is 5.83. The van der Waals surface area contributed by atoms with Gasteiger partial charge in [0.1, 0.15) is 29.1 Å². The number of rotatable bonds is 7. The van der Waals surface area contributed by atoms with Crippen molar-refractivity contribution >= 4 is 32.7 Å². The third-order valence-corrected chi connectivity index (χ3v) is 8.24. The summed E-state index contributed by atoms with van der Waals surface area (Å²) in [6, 6.07) is 4.20. The number of ether oxygens (including phenoxy) is 2. The van der Waals surface area contributed by atoms with E-state index in [1.807, 2.05) is 18.5 Å². The van der Waals surface area contributed by atoms with Gasteiger partial charge in [0.15, 0.2) is 9.84 Å². The molecule has 186 valence electrons. The first-order valence-corrected chi connectivity index (χ1v) is 14.0. The molecule has 0 amide bonds. The minimum absolute atomic E-state index is 0.0336. The van der Waals surface area contributed by atoms with E-state index in [1.165, 1.54) is 18.5 Å². The molecule has 4 heterocycles. The van der Waals surface area contributed by atoms with Crippen LogP contribution < -0.4 is 10.1 Å².